The van der Waals surface area contributed by atoms with E-state index in [2.05, 4.69) is 10.4 Å². The number of amides is 1. The second-order valence-electron chi connectivity index (χ2n) is 7.14. The number of ketones is 1. The lowest BCUT2D eigenvalue weighted by Gasteiger charge is -2.28. The first-order valence-electron chi connectivity index (χ1n) is 9.13. The van der Waals surface area contributed by atoms with E-state index >= 15 is 0 Å². The van der Waals surface area contributed by atoms with E-state index in [1.165, 1.54) is 18.5 Å². The van der Waals surface area contributed by atoms with Gasteiger partial charge in [-0.2, -0.15) is 14.2 Å². The number of hydrogen-bond acceptors (Lipinski definition) is 5. The molecule has 0 bridgehead atoms. The molecule has 30 heavy (non-hydrogen) atoms. The third kappa shape index (κ3) is 4.02. The number of alkyl halides is 4. The molecule has 1 aromatic rings. The highest BCUT2D eigenvalue weighted by atomic mass is 19.3. The lowest BCUT2D eigenvalue weighted by atomic mass is 10.1. The highest BCUT2D eigenvalue weighted by molar-refractivity contribution is 6.03. The van der Waals surface area contributed by atoms with Crippen LogP contribution in [-0.4, -0.2) is 46.6 Å². The van der Waals surface area contributed by atoms with Gasteiger partial charge in [-0.1, -0.05) is 0 Å². The molecule has 0 radical (unpaired) electrons. The number of Topliss-reactive ketones (excluding diaryl/α,β-unsaturated/α-hetero) is 1. The Hall–Kier alpha value is -2.95. The van der Waals surface area contributed by atoms with Crippen molar-refractivity contribution in [3.05, 3.63) is 52.3 Å². The van der Waals surface area contributed by atoms with Crippen LogP contribution in [0, 0.1) is 0 Å². The number of nitrogens with zero attached hydrogens (tertiary/aromatic N) is 2. The lowest BCUT2D eigenvalue weighted by molar-refractivity contribution is -0.686. The smallest absolute Gasteiger partial charge is 0.340 e. The lowest BCUT2D eigenvalue weighted by Crippen LogP contribution is -2.93. The number of hydrogen-bond donors (Lipinski definition) is 2. The van der Waals surface area contributed by atoms with Gasteiger partial charge in [0.1, 0.15) is 5.69 Å². The van der Waals surface area contributed by atoms with Crippen molar-refractivity contribution in [3.63, 3.8) is 0 Å². The normalized spacial score (nSPS) is 17.7. The molecule has 11 heteroatoms. The zero-order valence-corrected chi connectivity index (χ0v) is 16.5. The van der Waals surface area contributed by atoms with Crippen LogP contribution >= 0.6 is 0 Å². The minimum absolute atomic E-state index is 0.00498. The van der Waals surface area contributed by atoms with Crippen LogP contribution in [0.25, 0.3) is 0 Å². The van der Waals surface area contributed by atoms with Crippen LogP contribution < -0.4 is 10.9 Å². The maximum atomic E-state index is 13.1. The van der Waals surface area contributed by atoms with E-state index in [9.17, 15) is 27.2 Å². The number of carbonyl (C=O) groups is 2. The van der Waals surface area contributed by atoms with Crippen molar-refractivity contribution in [2.24, 2.45) is 0 Å². The van der Waals surface area contributed by atoms with Gasteiger partial charge >= 0.3 is 18.2 Å². The SMILES string of the molecule is CC(=O)c1nccc2c1CN(C(C)C1=CC(C)=C(OCC(F)(F)C(F)F)[NH2+]N1)C2=O. The Balaban J connectivity index is 1.76. The van der Waals surface area contributed by atoms with Gasteiger partial charge in [0, 0.05) is 30.8 Å². The zero-order valence-electron chi connectivity index (χ0n) is 16.5. The summed E-state index contributed by atoms with van der Waals surface area (Å²) in [5.74, 6) is -4.75. The number of halogens is 4. The van der Waals surface area contributed by atoms with Gasteiger partial charge in [0.25, 0.3) is 5.91 Å². The minimum Gasteiger partial charge on any atom is -0.444 e. The number of rotatable bonds is 7. The number of quaternary nitrogens is 1. The topological polar surface area (TPSA) is 88.1 Å². The number of nitrogens with two attached hydrogens (primary N) is 1. The Morgan fingerprint density at radius 2 is 2.13 bits per heavy atom. The van der Waals surface area contributed by atoms with Gasteiger partial charge in [-0.05, 0) is 26.0 Å². The summed E-state index contributed by atoms with van der Waals surface area (Å²) >= 11 is 0. The van der Waals surface area contributed by atoms with E-state index in [1.807, 2.05) is 0 Å². The highest BCUT2D eigenvalue weighted by Gasteiger charge is 2.43. The molecule has 162 valence electrons. The minimum atomic E-state index is -4.26. The van der Waals surface area contributed by atoms with Crippen LogP contribution in [0.5, 0.6) is 0 Å². The van der Waals surface area contributed by atoms with Crippen LogP contribution in [-0.2, 0) is 11.3 Å². The predicted molar refractivity (Wildman–Crippen MR) is 96.3 cm³/mol. The van der Waals surface area contributed by atoms with Crippen LogP contribution in [0.1, 0.15) is 47.2 Å². The quantitative estimate of drug-likeness (QED) is 0.392. The standard InChI is InChI=1S/C19H20F4N4O3/c1-9-6-14(25-26-16(9)30-8-19(22,23)18(20)21)10(2)27-7-13-12(17(27)29)4-5-24-15(13)11(3)28/h4-6,10,18,25-26H,7-8H2,1-3H3/p+1. The van der Waals surface area contributed by atoms with Gasteiger partial charge in [-0.15, -0.1) is 0 Å². The van der Waals surface area contributed by atoms with Crippen LogP contribution in [0.2, 0.25) is 0 Å². The molecule has 0 aromatic carbocycles. The van der Waals surface area contributed by atoms with Crippen molar-refractivity contribution >= 4 is 11.7 Å². The van der Waals surface area contributed by atoms with E-state index in [0.717, 1.165) is 0 Å². The molecule has 1 aromatic heterocycles. The third-order valence-electron chi connectivity index (χ3n) is 5.00. The molecule has 2 aliphatic heterocycles. The summed E-state index contributed by atoms with van der Waals surface area (Å²) in [4.78, 5) is 30.2. The van der Waals surface area contributed by atoms with Crippen molar-refractivity contribution in [1.29, 1.82) is 0 Å². The molecule has 0 aliphatic carbocycles. The van der Waals surface area contributed by atoms with Crippen molar-refractivity contribution in [2.45, 2.75) is 45.7 Å². The van der Waals surface area contributed by atoms with E-state index in [1.54, 1.807) is 30.9 Å². The Bertz CT molecular complexity index is 946. The van der Waals surface area contributed by atoms with Gasteiger partial charge < -0.3 is 9.64 Å². The van der Waals surface area contributed by atoms with E-state index in [0.29, 0.717) is 22.4 Å². The monoisotopic (exact) mass is 429 g/mol. The molecular weight excluding hydrogens is 408 g/mol. The molecule has 7 nitrogen and oxygen atoms in total. The van der Waals surface area contributed by atoms with Gasteiger partial charge in [0.2, 0.25) is 0 Å². The first-order chi connectivity index (χ1) is 14.0. The van der Waals surface area contributed by atoms with Gasteiger partial charge in [-0.25, -0.2) is 14.2 Å². The Kier molecular flexibility index (Phi) is 5.84. The van der Waals surface area contributed by atoms with Gasteiger partial charge in [0.05, 0.1) is 17.3 Å². The molecular formula is C19H21F4N4O3+. The number of carbonyl (C=O) groups excluding carboxylic acids is 2. The molecule has 1 atom stereocenters. The summed E-state index contributed by atoms with van der Waals surface area (Å²) in [5.41, 5.74) is 6.41. The molecule has 1 amide bonds. The number of ether oxygens (including phenoxy) is 1. The van der Waals surface area contributed by atoms with Crippen LogP contribution in [0.3, 0.4) is 0 Å². The van der Waals surface area contributed by atoms with Crippen molar-refractivity contribution in [2.75, 3.05) is 6.61 Å². The van der Waals surface area contributed by atoms with Crippen LogP contribution in [0.4, 0.5) is 17.6 Å². The average molecular weight is 429 g/mol. The predicted octanol–water partition coefficient (Wildman–Crippen LogP) is 1.74. The summed E-state index contributed by atoms with van der Waals surface area (Å²) in [6.07, 6.45) is -0.807. The Labute approximate surface area is 169 Å². The summed E-state index contributed by atoms with van der Waals surface area (Å²) < 4.78 is 55.6. The second kappa shape index (κ2) is 8.05. The fourth-order valence-electron chi connectivity index (χ4n) is 3.28. The maximum absolute atomic E-state index is 13.1. The van der Waals surface area contributed by atoms with Crippen LogP contribution in [0.15, 0.2) is 35.5 Å². The van der Waals surface area contributed by atoms with E-state index in [4.69, 9.17) is 4.74 Å². The Morgan fingerprint density at radius 1 is 1.43 bits per heavy atom. The molecule has 1 unspecified atom stereocenters. The van der Waals surface area contributed by atoms with Crippen molar-refractivity contribution in [1.82, 2.24) is 15.3 Å². The number of pyridine rings is 1. The summed E-state index contributed by atoms with van der Waals surface area (Å²) in [6, 6.07) is 1.12. The second-order valence-corrected chi connectivity index (χ2v) is 7.14. The third-order valence-corrected chi connectivity index (χ3v) is 5.00. The summed E-state index contributed by atoms with van der Waals surface area (Å²) in [6.45, 7) is 3.48. The van der Waals surface area contributed by atoms with Crippen molar-refractivity contribution < 1.29 is 37.3 Å². The number of allylic oxidation sites excluding steroid dienone is 2. The molecule has 3 N–H and O–H groups in total. The maximum Gasteiger partial charge on any atom is 0.340 e. The average Bonchev–Trinajstić information content (AvgIpc) is 3.03. The number of aromatic nitrogens is 1. The Morgan fingerprint density at radius 3 is 2.73 bits per heavy atom. The molecule has 3 heterocycles. The zero-order chi connectivity index (χ0) is 22.2. The first kappa shape index (κ1) is 21.8. The van der Waals surface area contributed by atoms with Gasteiger partial charge in [0.15, 0.2) is 12.4 Å². The number of fused-ring (bicyclic) bond motifs is 1. The highest BCUT2D eigenvalue weighted by Crippen LogP contribution is 2.29. The molecule has 0 spiro atoms. The fraction of sp³-hybridized carbons (Fsp3) is 0.421. The molecule has 2 aliphatic rings. The summed E-state index contributed by atoms with van der Waals surface area (Å²) in [5, 5.41) is 0. The first-order valence-corrected chi connectivity index (χ1v) is 9.13. The summed E-state index contributed by atoms with van der Waals surface area (Å²) in [7, 11) is 0. The van der Waals surface area contributed by atoms with E-state index < -0.39 is 25.0 Å². The molecule has 0 saturated carbocycles. The van der Waals surface area contributed by atoms with E-state index in [-0.39, 0.29) is 29.8 Å². The fourth-order valence-corrected chi connectivity index (χ4v) is 3.28. The van der Waals surface area contributed by atoms with Gasteiger partial charge in [-0.3, -0.25) is 14.6 Å². The molecule has 3 rings (SSSR count). The molecule has 0 saturated heterocycles. The largest absolute Gasteiger partial charge is 0.444 e. The van der Waals surface area contributed by atoms with Crippen molar-refractivity contribution in [3.8, 4) is 0 Å². The molecule has 0 fully saturated rings. The number of nitrogens with one attached hydrogen (secondary N) is 1.